The topological polar surface area (TPSA) is 67.4 Å². The second kappa shape index (κ2) is 8.59. The Labute approximate surface area is 143 Å². The van der Waals surface area contributed by atoms with E-state index in [1.165, 1.54) is 11.8 Å². The molecule has 1 aromatic heterocycles. The first-order chi connectivity index (χ1) is 11.0. The summed E-state index contributed by atoms with van der Waals surface area (Å²) in [6.45, 7) is 3.87. The van der Waals surface area contributed by atoms with Gasteiger partial charge in [0.1, 0.15) is 5.75 Å². The molecule has 1 heterocycles. The molecule has 122 valence electrons. The Morgan fingerprint density at radius 3 is 2.52 bits per heavy atom. The van der Waals surface area contributed by atoms with E-state index in [0.29, 0.717) is 11.3 Å². The third kappa shape index (κ3) is 5.96. The van der Waals surface area contributed by atoms with Gasteiger partial charge in [0, 0.05) is 5.56 Å². The molecule has 0 spiro atoms. The van der Waals surface area contributed by atoms with Crippen molar-refractivity contribution in [2.45, 2.75) is 24.2 Å². The van der Waals surface area contributed by atoms with Crippen LogP contribution in [0.4, 0.5) is 0 Å². The second-order valence-electron chi connectivity index (χ2n) is 4.91. The SMILES string of the molecule is CC(C)Oc1ccc(C(=O)NNC(=O)CSc2cccs2)cc1. The van der Waals surface area contributed by atoms with E-state index in [4.69, 9.17) is 4.74 Å². The van der Waals surface area contributed by atoms with Crippen molar-refractivity contribution in [2.75, 3.05) is 5.75 Å². The molecule has 0 aliphatic rings. The van der Waals surface area contributed by atoms with Gasteiger partial charge in [-0.3, -0.25) is 20.4 Å². The Morgan fingerprint density at radius 2 is 1.91 bits per heavy atom. The highest BCUT2D eigenvalue weighted by atomic mass is 32.2. The number of thioether (sulfide) groups is 1. The molecule has 1 aromatic carbocycles. The molecule has 0 saturated carbocycles. The predicted octanol–water partition coefficient (Wildman–Crippen LogP) is 3.09. The molecule has 5 nitrogen and oxygen atoms in total. The largest absolute Gasteiger partial charge is 0.491 e. The lowest BCUT2D eigenvalue weighted by Gasteiger charge is -2.10. The van der Waals surface area contributed by atoms with Gasteiger partial charge in [-0.15, -0.1) is 23.1 Å². The highest BCUT2D eigenvalue weighted by Gasteiger charge is 2.08. The van der Waals surface area contributed by atoms with Gasteiger partial charge in [-0.2, -0.15) is 0 Å². The molecular weight excluding hydrogens is 332 g/mol. The number of hydrazine groups is 1. The summed E-state index contributed by atoms with van der Waals surface area (Å²) in [5.74, 6) is 0.335. The standard InChI is InChI=1S/C16H18N2O3S2/c1-11(2)21-13-7-5-12(6-8-13)16(20)18-17-14(19)10-23-15-4-3-9-22-15/h3-9,11H,10H2,1-2H3,(H,17,19)(H,18,20). The fourth-order valence-electron chi connectivity index (χ4n) is 1.67. The number of hydrogen-bond donors (Lipinski definition) is 2. The third-order valence-corrected chi connectivity index (χ3v) is 4.78. The van der Waals surface area contributed by atoms with E-state index in [9.17, 15) is 9.59 Å². The number of carbonyl (C=O) groups is 2. The van der Waals surface area contributed by atoms with Crippen molar-refractivity contribution in [3.05, 3.63) is 47.3 Å². The Hall–Kier alpha value is -1.99. The van der Waals surface area contributed by atoms with E-state index in [0.717, 1.165) is 4.21 Å². The maximum Gasteiger partial charge on any atom is 0.269 e. The summed E-state index contributed by atoms with van der Waals surface area (Å²) >= 11 is 3.00. The van der Waals surface area contributed by atoms with E-state index in [1.54, 1.807) is 35.6 Å². The van der Waals surface area contributed by atoms with Crippen molar-refractivity contribution in [1.29, 1.82) is 0 Å². The monoisotopic (exact) mass is 350 g/mol. The first-order valence-corrected chi connectivity index (χ1v) is 8.93. The lowest BCUT2D eigenvalue weighted by Crippen LogP contribution is -2.42. The van der Waals surface area contributed by atoms with Crippen molar-refractivity contribution < 1.29 is 14.3 Å². The van der Waals surface area contributed by atoms with Crippen molar-refractivity contribution >= 4 is 34.9 Å². The highest BCUT2D eigenvalue weighted by Crippen LogP contribution is 2.22. The molecule has 23 heavy (non-hydrogen) atoms. The number of amides is 2. The van der Waals surface area contributed by atoms with Crippen LogP contribution in [0, 0.1) is 0 Å². The number of nitrogens with one attached hydrogen (secondary N) is 2. The second-order valence-corrected chi connectivity index (χ2v) is 7.14. The lowest BCUT2D eigenvalue weighted by atomic mass is 10.2. The van der Waals surface area contributed by atoms with Gasteiger partial charge in [0.25, 0.3) is 5.91 Å². The van der Waals surface area contributed by atoms with Gasteiger partial charge in [-0.05, 0) is 49.6 Å². The molecule has 0 bridgehead atoms. The predicted molar refractivity (Wildman–Crippen MR) is 92.9 cm³/mol. The first-order valence-electron chi connectivity index (χ1n) is 7.07. The van der Waals surface area contributed by atoms with Crippen LogP contribution in [0.15, 0.2) is 46.0 Å². The quantitative estimate of drug-likeness (QED) is 0.621. The minimum absolute atomic E-state index is 0.0785. The zero-order valence-electron chi connectivity index (χ0n) is 12.9. The number of benzene rings is 1. The molecule has 2 amide bonds. The molecule has 2 rings (SSSR count). The first kappa shape index (κ1) is 17.4. The van der Waals surface area contributed by atoms with E-state index in [-0.39, 0.29) is 23.7 Å². The molecule has 0 aliphatic heterocycles. The smallest absolute Gasteiger partial charge is 0.269 e. The van der Waals surface area contributed by atoms with E-state index in [2.05, 4.69) is 10.9 Å². The van der Waals surface area contributed by atoms with Gasteiger partial charge in [0.05, 0.1) is 16.1 Å². The van der Waals surface area contributed by atoms with Crippen LogP contribution in [0.5, 0.6) is 5.75 Å². The molecule has 0 unspecified atom stereocenters. The summed E-state index contributed by atoms with van der Waals surface area (Å²) < 4.78 is 6.57. The zero-order valence-corrected chi connectivity index (χ0v) is 14.5. The minimum Gasteiger partial charge on any atom is -0.491 e. The van der Waals surface area contributed by atoms with Crippen LogP contribution < -0.4 is 15.6 Å². The van der Waals surface area contributed by atoms with Crippen molar-refractivity contribution in [1.82, 2.24) is 10.9 Å². The van der Waals surface area contributed by atoms with Crippen LogP contribution in [0.3, 0.4) is 0 Å². The van der Waals surface area contributed by atoms with Crippen LogP contribution in [-0.4, -0.2) is 23.7 Å². The Morgan fingerprint density at radius 1 is 1.17 bits per heavy atom. The molecule has 0 fully saturated rings. The number of ether oxygens (including phenoxy) is 1. The Balaban J connectivity index is 1.76. The number of thiophene rings is 1. The number of hydrogen-bond acceptors (Lipinski definition) is 5. The molecule has 2 N–H and O–H groups in total. The van der Waals surface area contributed by atoms with Crippen molar-refractivity contribution in [2.24, 2.45) is 0 Å². The van der Waals surface area contributed by atoms with Crippen LogP contribution in [0.25, 0.3) is 0 Å². The molecule has 7 heteroatoms. The number of rotatable bonds is 6. The lowest BCUT2D eigenvalue weighted by molar-refractivity contribution is -0.119. The normalized spacial score (nSPS) is 10.4. The van der Waals surface area contributed by atoms with E-state index < -0.39 is 0 Å². The third-order valence-electron chi connectivity index (χ3n) is 2.64. The summed E-state index contributed by atoms with van der Waals surface area (Å²) in [5.41, 5.74) is 5.26. The maximum atomic E-state index is 11.9. The molecular formula is C16H18N2O3S2. The van der Waals surface area contributed by atoms with Gasteiger partial charge in [-0.1, -0.05) is 6.07 Å². The Bertz CT molecular complexity index is 640. The van der Waals surface area contributed by atoms with Crippen molar-refractivity contribution in [3.63, 3.8) is 0 Å². The molecule has 0 saturated heterocycles. The van der Waals surface area contributed by atoms with Gasteiger partial charge >= 0.3 is 0 Å². The van der Waals surface area contributed by atoms with Crippen molar-refractivity contribution in [3.8, 4) is 5.75 Å². The summed E-state index contributed by atoms with van der Waals surface area (Å²) in [5, 5.41) is 1.95. The van der Waals surface area contributed by atoms with Crippen LogP contribution in [-0.2, 0) is 4.79 Å². The van der Waals surface area contributed by atoms with E-state index in [1.807, 2.05) is 31.4 Å². The maximum absolute atomic E-state index is 11.9. The average Bonchev–Trinajstić information content (AvgIpc) is 3.04. The number of carbonyl (C=O) groups excluding carboxylic acids is 2. The van der Waals surface area contributed by atoms with Gasteiger partial charge in [0.15, 0.2) is 0 Å². The average molecular weight is 350 g/mol. The molecule has 2 aromatic rings. The Kier molecular flexibility index (Phi) is 6.49. The molecule has 0 radical (unpaired) electrons. The summed E-state index contributed by atoms with van der Waals surface area (Å²) in [4.78, 5) is 23.6. The fraction of sp³-hybridized carbons (Fsp3) is 0.250. The van der Waals surface area contributed by atoms with Crippen LogP contribution >= 0.6 is 23.1 Å². The zero-order chi connectivity index (χ0) is 16.7. The fourth-order valence-corrected chi connectivity index (χ4v) is 3.26. The minimum atomic E-state index is -0.365. The summed E-state index contributed by atoms with van der Waals surface area (Å²) in [6, 6.07) is 10.6. The van der Waals surface area contributed by atoms with Crippen LogP contribution in [0.1, 0.15) is 24.2 Å². The van der Waals surface area contributed by atoms with Gasteiger partial charge in [0.2, 0.25) is 5.91 Å². The van der Waals surface area contributed by atoms with E-state index >= 15 is 0 Å². The van der Waals surface area contributed by atoms with Gasteiger partial charge in [-0.25, -0.2) is 0 Å². The molecule has 0 atom stereocenters. The summed E-state index contributed by atoms with van der Waals surface area (Å²) in [7, 11) is 0. The molecule has 0 aliphatic carbocycles. The van der Waals surface area contributed by atoms with Gasteiger partial charge < -0.3 is 4.74 Å². The highest BCUT2D eigenvalue weighted by molar-refractivity contribution is 8.01. The summed E-state index contributed by atoms with van der Waals surface area (Å²) in [6.07, 6.45) is 0.0785. The van der Waals surface area contributed by atoms with Crippen LogP contribution in [0.2, 0.25) is 0 Å².